The Balaban J connectivity index is 1.75. The molecule has 22 heavy (non-hydrogen) atoms. The van der Waals surface area contributed by atoms with Gasteiger partial charge in [-0.3, -0.25) is 0 Å². The van der Waals surface area contributed by atoms with Crippen LogP contribution in [0.15, 0.2) is 41.6 Å². The number of para-hydroxylation sites is 1. The molecule has 0 aliphatic carbocycles. The van der Waals surface area contributed by atoms with Crippen LogP contribution in [0.1, 0.15) is 12.1 Å². The Labute approximate surface area is 134 Å². The quantitative estimate of drug-likeness (QED) is 0.866. The highest BCUT2D eigenvalue weighted by Crippen LogP contribution is 2.30. The van der Waals surface area contributed by atoms with Gasteiger partial charge in [0.2, 0.25) is 0 Å². The lowest BCUT2D eigenvalue weighted by Crippen LogP contribution is -2.07. The van der Waals surface area contributed by atoms with Crippen molar-refractivity contribution in [1.82, 2.24) is 9.97 Å². The third kappa shape index (κ3) is 3.98. The zero-order chi connectivity index (χ0) is 15.6. The van der Waals surface area contributed by atoms with Crippen LogP contribution in [0.4, 0.5) is 11.5 Å². The Morgan fingerprint density at radius 1 is 1.23 bits per heavy atom. The lowest BCUT2D eigenvalue weighted by Gasteiger charge is -2.10. The number of hydrogen-bond acceptors (Lipinski definition) is 6. The van der Waals surface area contributed by atoms with E-state index in [0.29, 0.717) is 11.6 Å². The van der Waals surface area contributed by atoms with Crippen LogP contribution in [0, 0.1) is 6.92 Å². The molecule has 1 aromatic carbocycles. The monoisotopic (exact) mass is 335 g/mol. The molecule has 0 amide bonds. The van der Waals surface area contributed by atoms with Crippen molar-refractivity contribution in [1.29, 1.82) is 0 Å². The highest BCUT2D eigenvalue weighted by Gasteiger charge is 2.29. The molecule has 1 atom stereocenters. The maximum Gasteiger partial charge on any atom is 0.190 e. The minimum atomic E-state index is -2.88. The highest BCUT2D eigenvalue weighted by atomic mass is 32.2. The Bertz CT molecular complexity index is 764. The van der Waals surface area contributed by atoms with E-state index in [4.69, 9.17) is 0 Å². The molecule has 0 spiro atoms. The summed E-state index contributed by atoms with van der Waals surface area (Å²) in [4.78, 5) is 8.89. The second-order valence-corrected chi connectivity index (χ2v) is 8.81. The maximum absolute atomic E-state index is 11.5. The first-order valence-corrected chi connectivity index (χ1v) is 9.75. The first-order chi connectivity index (χ1) is 10.5. The van der Waals surface area contributed by atoms with Crippen LogP contribution in [0.3, 0.4) is 0 Å². The number of sulfone groups is 1. The summed E-state index contributed by atoms with van der Waals surface area (Å²) in [6, 6.07) is 11.7. The molecule has 1 N–H and O–H groups in total. The largest absolute Gasteiger partial charge is 0.340 e. The van der Waals surface area contributed by atoms with Crippen LogP contribution >= 0.6 is 11.8 Å². The average molecular weight is 335 g/mol. The van der Waals surface area contributed by atoms with Crippen LogP contribution in [0.25, 0.3) is 0 Å². The second kappa shape index (κ2) is 6.26. The molecule has 5 nitrogen and oxygen atoms in total. The molecule has 0 bridgehead atoms. The lowest BCUT2D eigenvalue weighted by molar-refractivity contribution is 0.602. The topological polar surface area (TPSA) is 72.0 Å². The van der Waals surface area contributed by atoms with Gasteiger partial charge in [0.15, 0.2) is 15.0 Å². The summed E-state index contributed by atoms with van der Waals surface area (Å²) in [7, 11) is -2.88. The van der Waals surface area contributed by atoms with Gasteiger partial charge in [0.25, 0.3) is 0 Å². The second-order valence-electron chi connectivity index (χ2n) is 5.31. The number of benzene rings is 1. The minimum Gasteiger partial charge on any atom is -0.340 e. The Kier molecular flexibility index (Phi) is 4.35. The molecule has 1 fully saturated rings. The molecular formula is C15H17N3O2S2. The first-order valence-electron chi connectivity index (χ1n) is 7.05. The van der Waals surface area contributed by atoms with Crippen molar-refractivity contribution in [3.63, 3.8) is 0 Å². The average Bonchev–Trinajstić information content (AvgIpc) is 2.78. The van der Waals surface area contributed by atoms with Gasteiger partial charge in [0.05, 0.1) is 11.5 Å². The number of thioether (sulfide) groups is 1. The SMILES string of the molecule is Cc1cc(Nc2ccccc2)nc(S[C@H]2CCS(=O)(=O)C2)n1. The normalized spacial score (nSPS) is 20.0. The van der Waals surface area contributed by atoms with E-state index < -0.39 is 9.84 Å². The van der Waals surface area contributed by atoms with Crippen molar-refractivity contribution >= 4 is 33.1 Å². The Morgan fingerprint density at radius 2 is 2.00 bits per heavy atom. The van der Waals surface area contributed by atoms with E-state index in [0.717, 1.165) is 17.2 Å². The van der Waals surface area contributed by atoms with E-state index in [-0.39, 0.29) is 16.8 Å². The predicted molar refractivity (Wildman–Crippen MR) is 89.4 cm³/mol. The van der Waals surface area contributed by atoms with E-state index >= 15 is 0 Å². The molecular weight excluding hydrogens is 318 g/mol. The maximum atomic E-state index is 11.5. The number of hydrogen-bond donors (Lipinski definition) is 1. The summed E-state index contributed by atoms with van der Waals surface area (Å²) >= 11 is 1.45. The molecule has 2 aromatic rings. The number of anilines is 2. The molecule has 1 aliphatic heterocycles. The summed E-state index contributed by atoms with van der Waals surface area (Å²) in [5.41, 5.74) is 1.82. The highest BCUT2D eigenvalue weighted by molar-refractivity contribution is 8.01. The number of nitrogens with one attached hydrogen (secondary N) is 1. The number of aryl methyl sites for hydroxylation is 1. The zero-order valence-electron chi connectivity index (χ0n) is 12.2. The predicted octanol–water partition coefficient (Wildman–Crippen LogP) is 2.81. The Hall–Kier alpha value is -1.60. The van der Waals surface area contributed by atoms with Crippen LogP contribution in [-0.4, -0.2) is 35.1 Å². The smallest absolute Gasteiger partial charge is 0.190 e. The molecule has 0 radical (unpaired) electrons. The van der Waals surface area contributed by atoms with Gasteiger partial charge in [-0.05, 0) is 25.5 Å². The van der Waals surface area contributed by atoms with Gasteiger partial charge in [-0.1, -0.05) is 30.0 Å². The summed E-state index contributed by atoms with van der Waals surface area (Å²) in [6.45, 7) is 1.91. The van der Waals surface area contributed by atoms with Crippen molar-refractivity contribution in [3.05, 3.63) is 42.1 Å². The first kappa shape index (κ1) is 15.3. The Morgan fingerprint density at radius 3 is 2.68 bits per heavy atom. The summed E-state index contributed by atoms with van der Waals surface area (Å²) in [5.74, 6) is 1.21. The molecule has 1 aliphatic rings. The summed E-state index contributed by atoms with van der Waals surface area (Å²) in [5, 5.41) is 3.92. The fourth-order valence-corrected chi connectivity index (χ4v) is 5.80. The van der Waals surface area contributed by atoms with E-state index in [1.165, 1.54) is 11.8 Å². The molecule has 116 valence electrons. The van der Waals surface area contributed by atoms with Gasteiger partial charge in [-0.2, -0.15) is 0 Å². The van der Waals surface area contributed by atoms with Crippen molar-refractivity contribution in [2.75, 3.05) is 16.8 Å². The van der Waals surface area contributed by atoms with Gasteiger partial charge < -0.3 is 5.32 Å². The van der Waals surface area contributed by atoms with E-state index in [9.17, 15) is 8.42 Å². The summed E-state index contributed by atoms with van der Waals surface area (Å²) < 4.78 is 23.1. The molecule has 1 saturated heterocycles. The van der Waals surface area contributed by atoms with Crippen LogP contribution in [0.2, 0.25) is 0 Å². The van der Waals surface area contributed by atoms with Gasteiger partial charge in [-0.15, -0.1) is 0 Å². The van der Waals surface area contributed by atoms with Crippen LogP contribution in [0.5, 0.6) is 0 Å². The van der Waals surface area contributed by atoms with E-state index in [1.807, 2.05) is 43.3 Å². The van der Waals surface area contributed by atoms with Crippen molar-refractivity contribution in [2.24, 2.45) is 0 Å². The molecule has 3 rings (SSSR count). The third-order valence-electron chi connectivity index (χ3n) is 3.34. The molecule has 0 unspecified atom stereocenters. The molecule has 2 heterocycles. The molecule has 1 aromatic heterocycles. The summed E-state index contributed by atoms with van der Waals surface area (Å²) in [6.07, 6.45) is 0.672. The standard InChI is InChI=1S/C15H17N3O2S2/c1-11-9-14(17-12-5-3-2-4-6-12)18-15(16-11)21-13-7-8-22(19,20)10-13/h2-6,9,13H,7-8,10H2,1H3,(H,16,17,18)/t13-/m0/s1. The van der Waals surface area contributed by atoms with Crippen molar-refractivity contribution in [3.8, 4) is 0 Å². The van der Waals surface area contributed by atoms with Crippen LogP contribution in [-0.2, 0) is 9.84 Å². The van der Waals surface area contributed by atoms with E-state index in [2.05, 4.69) is 15.3 Å². The van der Waals surface area contributed by atoms with Gasteiger partial charge in [0, 0.05) is 22.7 Å². The fraction of sp³-hybridized carbons (Fsp3) is 0.333. The van der Waals surface area contributed by atoms with Gasteiger partial charge in [-0.25, -0.2) is 18.4 Å². The van der Waals surface area contributed by atoms with E-state index in [1.54, 1.807) is 0 Å². The fourth-order valence-electron chi connectivity index (χ4n) is 2.33. The number of rotatable bonds is 4. The van der Waals surface area contributed by atoms with Crippen LogP contribution < -0.4 is 5.32 Å². The third-order valence-corrected chi connectivity index (χ3v) is 6.45. The van der Waals surface area contributed by atoms with Gasteiger partial charge in [0.1, 0.15) is 5.82 Å². The molecule has 7 heteroatoms. The van der Waals surface area contributed by atoms with Crippen molar-refractivity contribution < 1.29 is 8.42 Å². The van der Waals surface area contributed by atoms with Crippen molar-refractivity contribution in [2.45, 2.75) is 23.8 Å². The lowest BCUT2D eigenvalue weighted by atomic mass is 10.3. The molecule has 0 saturated carbocycles. The zero-order valence-corrected chi connectivity index (χ0v) is 13.8. The number of aromatic nitrogens is 2. The van der Waals surface area contributed by atoms with Gasteiger partial charge >= 0.3 is 0 Å². The number of nitrogens with zero attached hydrogens (tertiary/aromatic N) is 2. The minimum absolute atomic E-state index is 0.0522.